The van der Waals surface area contributed by atoms with E-state index in [1.807, 2.05) is 27.9 Å². The first-order valence-corrected chi connectivity index (χ1v) is 10.4. The normalized spacial score (nSPS) is 17.8. The van der Waals surface area contributed by atoms with Crippen LogP contribution in [0, 0.1) is 11.6 Å². The van der Waals surface area contributed by atoms with Gasteiger partial charge in [-0.1, -0.05) is 6.07 Å². The van der Waals surface area contributed by atoms with Gasteiger partial charge in [-0.2, -0.15) is 0 Å². The van der Waals surface area contributed by atoms with Gasteiger partial charge in [0.1, 0.15) is 17.3 Å². The standard InChI is InChI=1S/C21H35F2N5O.HI/c1-5-24-21(25-14-17(29-6-2)11-12-27(3)4)26-16-10-13-28(15-16)20-18(22)8-7-9-19(20)23;/h7-9,16-17H,5-6,10-15H2,1-4H3,(H2,24,25,26);1H. The number of halogens is 3. The average Bonchev–Trinajstić information content (AvgIpc) is 3.11. The zero-order valence-corrected chi connectivity index (χ0v) is 20.8. The number of hydrogen-bond acceptors (Lipinski definition) is 4. The van der Waals surface area contributed by atoms with E-state index in [-0.39, 0.29) is 41.8 Å². The fourth-order valence-electron chi connectivity index (χ4n) is 3.44. The number of nitrogens with zero attached hydrogens (tertiary/aromatic N) is 3. The smallest absolute Gasteiger partial charge is 0.191 e. The largest absolute Gasteiger partial charge is 0.377 e. The van der Waals surface area contributed by atoms with E-state index < -0.39 is 11.6 Å². The van der Waals surface area contributed by atoms with E-state index in [2.05, 4.69) is 15.5 Å². The lowest BCUT2D eigenvalue weighted by atomic mass is 10.2. The second-order valence-corrected chi connectivity index (χ2v) is 7.54. The van der Waals surface area contributed by atoms with Crippen LogP contribution in [0.2, 0.25) is 0 Å². The molecule has 2 unspecified atom stereocenters. The summed E-state index contributed by atoms with van der Waals surface area (Å²) in [4.78, 5) is 8.58. The minimum Gasteiger partial charge on any atom is -0.377 e. The predicted octanol–water partition coefficient (Wildman–Crippen LogP) is 3.07. The van der Waals surface area contributed by atoms with Crippen molar-refractivity contribution in [1.82, 2.24) is 15.5 Å². The summed E-state index contributed by atoms with van der Waals surface area (Å²) < 4.78 is 33.9. The highest BCUT2D eigenvalue weighted by molar-refractivity contribution is 14.0. The van der Waals surface area contributed by atoms with E-state index in [1.54, 1.807) is 4.90 Å². The van der Waals surface area contributed by atoms with Crippen molar-refractivity contribution < 1.29 is 13.5 Å². The quantitative estimate of drug-likeness (QED) is 0.272. The predicted molar refractivity (Wildman–Crippen MR) is 130 cm³/mol. The third-order valence-electron chi connectivity index (χ3n) is 4.88. The molecular formula is C21H36F2IN5O. The molecule has 0 spiro atoms. The Morgan fingerprint density at radius 3 is 2.60 bits per heavy atom. The molecule has 2 N–H and O–H groups in total. The van der Waals surface area contributed by atoms with E-state index in [1.165, 1.54) is 18.2 Å². The number of aliphatic imine (C=N–C) groups is 1. The number of benzene rings is 1. The SMILES string of the molecule is CCNC(=NCC(CCN(C)C)OCC)NC1CCN(c2c(F)cccc2F)C1.I. The zero-order chi connectivity index (χ0) is 21.2. The molecule has 1 aliphatic rings. The first-order valence-electron chi connectivity index (χ1n) is 10.4. The van der Waals surface area contributed by atoms with Gasteiger partial charge in [-0.3, -0.25) is 4.99 Å². The molecule has 1 aliphatic heterocycles. The summed E-state index contributed by atoms with van der Waals surface area (Å²) in [6.45, 7) is 8.02. The van der Waals surface area contributed by atoms with Crippen molar-refractivity contribution in [2.24, 2.45) is 4.99 Å². The third-order valence-corrected chi connectivity index (χ3v) is 4.88. The molecule has 0 amide bonds. The van der Waals surface area contributed by atoms with Gasteiger partial charge in [0.15, 0.2) is 5.96 Å². The second-order valence-electron chi connectivity index (χ2n) is 7.54. The van der Waals surface area contributed by atoms with Gasteiger partial charge < -0.3 is 25.2 Å². The summed E-state index contributed by atoms with van der Waals surface area (Å²) in [5.41, 5.74) is 0.0545. The van der Waals surface area contributed by atoms with Crippen LogP contribution in [0.1, 0.15) is 26.7 Å². The molecule has 30 heavy (non-hydrogen) atoms. The summed E-state index contributed by atoms with van der Waals surface area (Å²) in [6, 6.07) is 4.05. The van der Waals surface area contributed by atoms with Gasteiger partial charge in [0.25, 0.3) is 0 Å². The van der Waals surface area contributed by atoms with Gasteiger partial charge in [0.05, 0.1) is 12.6 Å². The number of guanidine groups is 1. The van der Waals surface area contributed by atoms with Crippen molar-refractivity contribution in [1.29, 1.82) is 0 Å². The van der Waals surface area contributed by atoms with Crippen LogP contribution in [-0.4, -0.2) is 76.4 Å². The maximum atomic E-state index is 14.1. The maximum absolute atomic E-state index is 14.1. The van der Waals surface area contributed by atoms with E-state index >= 15 is 0 Å². The average molecular weight is 539 g/mol. The summed E-state index contributed by atoms with van der Waals surface area (Å²) in [7, 11) is 4.09. The van der Waals surface area contributed by atoms with E-state index in [0.717, 1.165) is 25.9 Å². The third kappa shape index (κ3) is 8.50. The van der Waals surface area contributed by atoms with E-state index in [9.17, 15) is 8.78 Å². The van der Waals surface area contributed by atoms with Crippen molar-refractivity contribution in [3.05, 3.63) is 29.8 Å². The molecule has 1 saturated heterocycles. The van der Waals surface area contributed by atoms with Gasteiger partial charge in [-0.05, 0) is 52.9 Å². The summed E-state index contributed by atoms with van der Waals surface area (Å²) in [6.07, 6.45) is 1.76. The Morgan fingerprint density at radius 2 is 2.00 bits per heavy atom. The van der Waals surface area contributed by atoms with Crippen molar-refractivity contribution in [2.45, 2.75) is 38.8 Å². The summed E-state index contributed by atoms with van der Waals surface area (Å²) in [5, 5.41) is 6.66. The van der Waals surface area contributed by atoms with Gasteiger partial charge in [-0.15, -0.1) is 24.0 Å². The lowest BCUT2D eigenvalue weighted by Gasteiger charge is -2.22. The van der Waals surface area contributed by atoms with Crippen molar-refractivity contribution in [3.8, 4) is 0 Å². The van der Waals surface area contributed by atoms with Crippen LogP contribution in [-0.2, 0) is 4.74 Å². The van der Waals surface area contributed by atoms with Crippen molar-refractivity contribution in [2.75, 3.05) is 58.3 Å². The Bertz CT molecular complexity index is 642. The maximum Gasteiger partial charge on any atom is 0.191 e. The molecule has 1 aromatic rings. The van der Waals surface area contributed by atoms with Gasteiger partial charge in [0, 0.05) is 38.8 Å². The number of hydrogen-bond donors (Lipinski definition) is 2. The van der Waals surface area contributed by atoms with E-state index in [4.69, 9.17) is 9.73 Å². The molecule has 1 aromatic carbocycles. The van der Waals surface area contributed by atoms with Crippen LogP contribution < -0.4 is 15.5 Å². The molecule has 9 heteroatoms. The van der Waals surface area contributed by atoms with Gasteiger partial charge in [-0.25, -0.2) is 8.78 Å². The minimum atomic E-state index is -0.522. The Kier molecular flexibility index (Phi) is 12.5. The number of anilines is 1. The fraction of sp³-hybridized carbons (Fsp3) is 0.667. The number of rotatable bonds is 10. The van der Waals surface area contributed by atoms with E-state index in [0.29, 0.717) is 32.2 Å². The molecule has 1 heterocycles. The molecule has 2 rings (SSSR count). The molecule has 0 aliphatic carbocycles. The molecule has 0 bridgehead atoms. The summed E-state index contributed by atoms with van der Waals surface area (Å²) in [5.74, 6) is -0.332. The Labute approximate surface area is 196 Å². The first kappa shape index (κ1) is 26.8. The molecule has 6 nitrogen and oxygen atoms in total. The fourth-order valence-corrected chi connectivity index (χ4v) is 3.44. The molecule has 0 saturated carbocycles. The lowest BCUT2D eigenvalue weighted by molar-refractivity contribution is 0.0582. The molecule has 1 fully saturated rings. The highest BCUT2D eigenvalue weighted by Crippen LogP contribution is 2.26. The minimum absolute atomic E-state index is 0. The van der Waals surface area contributed by atoms with Crippen molar-refractivity contribution >= 4 is 35.6 Å². The topological polar surface area (TPSA) is 52.1 Å². The highest BCUT2D eigenvalue weighted by atomic mass is 127. The van der Waals surface area contributed by atoms with Crippen LogP contribution in [0.5, 0.6) is 0 Å². The van der Waals surface area contributed by atoms with Gasteiger partial charge >= 0.3 is 0 Å². The molecule has 0 radical (unpaired) electrons. The number of para-hydroxylation sites is 1. The number of nitrogens with one attached hydrogen (secondary N) is 2. The van der Waals surface area contributed by atoms with Crippen LogP contribution in [0.15, 0.2) is 23.2 Å². The molecule has 0 aromatic heterocycles. The van der Waals surface area contributed by atoms with Crippen LogP contribution >= 0.6 is 24.0 Å². The molecular weight excluding hydrogens is 503 g/mol. The second kappa shape index (κ2) is 14.0. The summed E-state index contributed by atoms with van der Waals surface area (Å²) >= 11 is 0. The van der Waals surface area contributed by atoms with Gasteiger partial charge in [0.2, 0.25) is 0 Å². The molecule has 172 valence electrons. The monoisotopic (exact) mass is 539 g/mol. The Hall–Kier alpha value is -1.20. The Balaban J connectivity index is 0.00000450. The van der Waals surface area contributed by atoms with Crippen LogP contribution in [0.3, 0.4) is 0 Å². The number of ether oxygens (including phenoxy) is 1. The molecule has 2 atom stereocenters. The van der Waals surface area contributed by atoms with Crippen LogP contribution in [0.25, 0.3) is 0 Å². The zero-order valence-electron chi connectivity index (χ0n) is 18.5. The van der Waals surface area contributed by atoms with Crippen LogP contribution in [0.4, 0.5) is 14.5 Å². The lowest BCUT2D eigenvalue weighted by Crippen LogP contribution is -2.45. The first-order chi connectivity index (χ1) is 13.9. The van der Waals surface area contributed by atoms with Crippen molar-refractivity contribution in [3.63, 3.8) is 0 Å². The highest BCUT2D eigenvalue weighted by Gasteiger charge is 2.27. The Morgan fingerprint density at radius 1 is 1.30 bits per heavy atom.